The highest BCUT2D eigenvalue weighted by atomic mass is 16.4. The summed E-state index contributed by atoms with van der Waals surface area (Å²) >= 11 is 0. The summed E-state index contributed by atoms with van der Waals surface area (Å²) in [5.41, 5.74) is 2.22. The molecule has 0 saturated carbocycles. The van der Waals surface area contributed by atoms with Crippen LogP contribution in [0.2, 0.25) is 0 Å². The Morgan fingerprint density at radius 1 is 1.29 bits per heavy atom. The van der Waals surface area contributed by atoms with E-state index in [-0.39, 0.29) is 5.92 Å². The summed E-state index contributed by atoms with van der Waals surface area (Å²) in [5, 5.41) is 8.99. The van der Waals surface area contributed by atoms with Crippen molar-refractivity contribution in [2.45, 2.75) is 39.5 Å². The van der Waals surface area contributed by atoms with Gasteiger partial charge in [0.15, 0.2) is 0 Å². The van der Waals surface area contributed by atoms with Gasteiger partial charge in [-0.3, -0.25) is 0 Å². The van der Waals surface area contributed by atoms with Crippen molar-refractivity contribution in [2.24, 2.45) is 0 Å². The molecule has 3 nitrogen and oxygen atoms in total. The lowest BCUT2D eigenvalue weighted by Gasteiger charge is -2.04. The first-order valence-electron chi connectivity index (χ1n) is 4.89. The fraction of sp³-hybridized carbons (Fsp3) is 0.545. The number of aromatic carboxylic acids is 1. The molecule has 0 aliphatic carbocycles. The second-order valence-electron chi connectivity index (χ2n) is 4.17. The van der Waals surface area contributed by atoms with Gasteiger partial charge in [0.2, 0.25) is 0 Å². The summed E-state index contributed by atoms with van der Waals surface area (Å²) in [6, 6.07) is 1.74. The predicted octanol–water partition coefficient (Wildman–Crippen LogP) is 2.96. The fourth-order valence-corrected chi connectivity index (χ4v) is 1.44. The lowest BCUT2D eigenvalue weighted by molar-refractivity contribution is 0.0695. The normalized spacial score (nSPS) is 11.3. The van der Waals surface area contributed by atoms with Gasteiger partial charge in [-0.2, -0.15) is 0 Å². The maximum absolute atomic E-state index is 10.9. The molecule has 78 valence electrons. The average Bonchev–Trinajstić information content (AvgIpc) is 2.47. The third kappa shape index (κ3) is 1.97. The zero-order valence-corrected chi connectivity index (χ0v) is 9.09. The molecule has 0 atom stereocenters. The summed E-state index contributed by atoms with van der Waals surface area (Å²) in [6.45, 7) is 8.06. The highest BCUT2D eigenvalue weighted by molar-refractivity contribution is 5.89. The van der Waals surface area contributed by atoms with Crippen molar-refractivity contribution in [1.82, 2.24) is 4.98 Å². The predicted molar refractivity (Wildman–Crippen MR) is 55.9 cm³/mol. The summed E-state index contributed by atoms with van der Waals surface area (Å²) in [7, 11) is 0. The van der Waals surface area contributed by atoms with Crippen molar-refractivity contribution < 1.29 is 9.90 Å². The zero-order valence-electron chi connectivity index (χ0n) is 9.09. The number of H-pyrrole nitrogens is 1. The average molecular weight is 195 g/mol. The second kappa shape index (κ2) is 3.86. The smallest absolute Gasteiger partial charge is 0.337 e. The third-order valence-electron chi connectivity index (χ3n) is 2.30. The van der Waals surface area contributed by atoms with Crippen molar-refractivity contribution in [3.05, 3.63) is 23.0 Å². The molecule has 3 heteroatoms. The minimum Gasteiger partial charge on any atom is -0.478 e. The Bertz CT molecular complexity index is 337. The second-order valence-corrected chi connectivity index (χ2v) is 4.17. The van der Waals surface area contributed by atoms with Gasteiger partial charge in [0.1, 0.15) is 0 Å². The molecule has 0 unspecified atom stereocenters. The number of rotatable bonds is 3. The molecule has 0 bridgehead atoms. The summed E-state index contributed by atoms with van der Waals surface area (Å²) in [4.78, 5) is 14.1. The van der Waals surface area contributed by atoms with Crippen molar-refractivity contribution in [1.29, 1.82) is 0 Å². The van der Waals surface area contributed by atoms with E-state index in [9.17, 15) is 4.79 Å². The maximum atomic E-state index is 10.9. The van der Waals surface area contributed by atoms with Crippen molar-refractivity contribution in [3.8, 4) is 0 Å². The number of nitrogens with one attached hydrogen (secondary N) is 1. The van der Waals surface area contributed by atoms with E-state index in [1.54, 1.807) is 6.07 Å². The van der Waals surface area contributed by atoms with Gasteiger partial charge in [0.25, 0.3) is 0 Å². The number of carboxylic acid groups (broad SMARTS) is 1. The summed E-state index contributed by atoms with van der Waals surface area (Å²) in [6.07, 6.45) is 0. The molecule has 0 spiro atoms. The van der Waals surface area contributed by atoms with Gasteiger partial charge in [-0.05, 0) is 17.9 Å². The minimum absolute atomic E-state index is 0.216. The quantitative estimate of drug-likeness (QED) is 0.779. The van der Waals surface area contributed by atoms with Crippen LogP contribution in [0, 0.1) is 0 Å². The van der Waals surface area contributed by atoms with Gasteiger partial charge >= 0.3 is 5.97 Å². The maximum Gasteiger partial charge on any atom is 0.337 e. The van der Waals surface area contributed by atoms with E-state index < -0.39 is 5.97 Å². The van der Waals surface area contributed by atoms with Crippen LogP contribution in [0.15, 0.2) is 6.07 Å². The molecule has 0 aliphatic heterocycles. The van der Waals surface area contributed by atoms with Crippen LogP contribution >= 0.6 is 0 Å². The number of carboxylic acids is 1. The van der Waals surface area contributed by atoms with E-state index in [1.807, 2.05) is 27.7 Å². The molecule has 0 radical (unpaired) electrons. The monoisotopic (exact) mass is 195 g/mol. The topological polar surface area (TPSA) is 53.1 Å². The third-order valence-corrected chi connectivity index (χ3v) is 2.30. The Labute approximate surface area is 84.2 Å². The first-order valence-corrected chi connectivity index (χ1v) is 4.89. The van der Waals surface area contributed by atoms with Gasteiger partial charge in [0.05, 0.1) is 5.56 Å². The van der Waals surface area contributed by atoms with E-state index in [4.69, 9.17) is 5.11 Å². The van der Waals surface area contributed by atoms with Crippen LogP contribution in [-0.4, -0.2) is 16.1 Å². The lowest BCUT2D eigenvalue weighted by atomic mass is 10.1. The van der Waals surface area contributed by atoms with Crippen LogP contribution in [0.3, 0.4) is 0 Å². The van der Waals surface area contributed by atoms with Crippen LogP contribution in [0.5, 0.6) is 0 Å². The van der Waals surface area contributed by atoms with Crippen molar-refractivity contribution in [2.75, 3.05) is 0 Å². The first kappa shape index (κ1) is 10.8. The fourth-order valence-electron chi connectivity index (χ4n) is 1.44. The molecule has 1 aromatic heterocycles. The van der Waals surface area contributed by atoms with E-state index in [0.717, 1.165) is 11.4 Å². The molecule has 1 aromatic rings. The van der Waals surface area contributed by atoms with Crippen LogP contribution < -0.4 is 0 Å². The summed E-state index contributed by atoms with van der Waals surface area (Å²) in [5.74, 6) is -0.300. The van der Waals surface area contributed by atoms with E-state index >= 15 is 0 Å². The Balaban J connectivity index is 3.19. The molecule has 0 aromatic carbocycles. The standard InChI is InChI=1S/C11H17NO2/c1-6(2)9-5-8(11(13)14)10(12-9)7(3)4/h5-7,12H,1-4H3,(H,13,14). The van der Waals surface area contributed by atoms with Crippen LogP contribution in [-0.2, 0) is 0 Å². The molecule has 0 saturated heterocycles. The van der Waals surface area contributed by atoms with Gasteiger partial charge in [-0.25, -0.2) is 4.79 Å². The van der Waals surface area contributed by atoms with Crippen molar-refractivity contribution >= 4 is 5.97 Å². The molecule has 1 heterocycles. The Morgan fingerprint density at radius 2 is 1.86 bits per heavy atom. The molecule has 0 aliphatic rings. The summed E-state index contributed by atoms with van der Waals surface area (Å²) < 4.78 is 0. The number of aromatic amines is 1. The van der Waals surface area contributed by atoms with E-state index in [2.05, 4.69) is 4.98 Å². The molecule has 0 fully saturated rings. The Morgan fingerprint density at radius 3 is 2.14 bits per heavy atom. The zero-order chi connectivity index (χ0) is 10.9. The molecule has 1 rings (SSSR count). The largest absolute Gasteiger partial charge is 0.478 e. The highest BCUT2D eigenvalue weighted by Crippen LogP contribution is 2.23. The number of hydrogen-bond donors (Lipinski definition) is 2. The van der Waals surface area contributed by atoms with Gasteiger partial charge in [0, 0.05) is 11.4 Å². The number of hydrogen-bond acceptors (Lipinski definition) is 1. The molecule has 2 N–H and O–H groups in total. The molecular formula is C11H17NO2. The van der Waals surface area contributed by atoms with Gasteiger partial charge in [-0.15, -0.1) is 0 Å². The van der Waals surface area contributed by atoms with Gasteiger partial charge < -0.3 is 10.1 Å². The van der Waals surface area contributed by atoms with Crippen LogP contribution in [0.4, 0.5) is 0 Å². The van der Waals surface area contributed by atoms with Gasteiger partial charge in [-0.1, -0.05) is 27.7 Å². The molecule has 14 heavy (non-hydrogen) atoms. The Hall–Kier alpha value is -1.25. The Kier molecular flexibility index (Phi) is 2.99. The first-order chi connectivity index (χ1) is 6.43. The number of aromatic nitrogens is 1. The minimum atomic E-state index is -0.850. The number of carbonyl (C=O) groups is 1. The van der Waals surface area contributed by atoms with E-state index in [0.29, 0.717) is 11.5 Å². The SMILES string of the molecule is CC(C)c1cc(C(=O)O)c(C(C)C)[nH]1. The van der Waals surface area contributed by atoms with E-state index in [1.165, 1.54) is 0 Å². The van der Waals surface area contributed by atoms with Crippen molar-refractivity contribution in [3.63, 3.8) is 0 Å². The van der Waals surface area contributed by atoms with Crippen LogP contribution in [0.1, 0.15) is 61.3 Å². The lowest BCUT2D eigenvalue weighted by Crippen LogP contribution is -2.01. The molecule has 0 amide bonds. The highest BCUT2D eigenvalue weighted by Gasteiger charge is 2.17. The molecular weight excluding hydrogens is 178 g/mol. The van der Waals surface area contributed by atoms with Crippen LogP contribution in [0.25, 0.3) is 0 Å².